The highest BCUT2D eigenvalue weighted by molar-refractivity contribution is 7.99. The molecule has 2 aromatic rings. The van der Waals surface area contributed by atoms with Gasteiger partial charge in [0.05, 0.1) is 0 Å². The third kappa shape index (κ3) is 3.10. The van der Waals surface area contributed by atoms with Crippen LogP contribution < -0.4 is 0 Å². The van der Waals surface area contributed by atoms with Crippen molar-refractivity contribution in [2.24, 2.45) is 7.05 Å². The topological polar surface area (TPSA) is 76.7 Å². The first kappa shape index (κ1) is 14.0. The molecule has 0 radical (unpaired) electrons. The summed E-state index contributed by atoms with van der Waals surface area (Å²) in [4.78, 5) is 8.81. The molecule has 0 amide bonds. The van der Waals surface area contributed by atoms with Crippen LogP contribution in [0.25, 0.3) is 0 Å². The number of aromatic nitrogens is 5. The SMILES string of the molecule is Cn1c(CO)nnc1Sc1ccnc(C(C)(C)C)n1. The Hall–Kier alpha value is -1.47. The number of hydrogen-bond acceptors (Lipinski definition) is 6. The number of hydrogen-bond donors (Lipinski definition) is 1. The van der Waals surface area contributed by atoms with Crippen LogP contribution in [-0.2, 0) is 19.1 Å². The first-order valence-electron chi connectivity index (χ1n) is 5.92. The molecule has 0 aromatic carbocycles. The highest BCUT2D eigenvalue weighted by atomic mass is 32.2. The molecular weight excluding hydrogens is 262 g/mol. The van der Waals surface area contributed by atoms with Crippen LogP contribution in [0.5, 0.6) is 0 Å². The monoisotopic (exact) mass is 279 g/mol. The van der Waals surface area contributed by atoms with E-state index in [1.54, 1.807) is 10.8 Å². The van der Waals surface area contributed by atoms with Crippen molar-refractivity contribution in [1.82, 2.24) is 24.7 Å². The van der Waals surface area contributed by atoms with E-state index < -0.39 is 0 Å². The van der Waals surface area contributed by atoms with Gasteiger partial charge in [-0.3, -0.25) is 0 Å². The number of nitrogens with zero attached hydrogens (tertiary/aromatic N) is 5. The molecule has 0 saturated carbocycles. The maximum Gasteiger partial charge on any atom is 0.197 e. The summed E-state index contributed by atoms with van der Waals surface area (Å²) in [5.41, 5.74) is -0.0906. The second kappa shape index (κ2) is 5.26. The van der Waals surface area contributed by atoms with Crippen molar-refractivity contribution in [3.05, 3.63) is 23.9 Å². The fourth-order valence-corrected chi connectivity index (χ4v) is 2.20. The Balaban J connectivity index is 2.26. The molecule has 0 bridgehead atoms. The lowest BCUT2D eigenvalue weighted by Crippen LogP contribution is -2.15. The van der Waals surface area contributed by atoms with E-state index in [4.69, 9.17) is 5.11 Å². The van der Waals surface area contributed by atoms with Crippen LogP contribution in [0.4, 0.5) is 0 Å². The molecule has 1 N–H and O–H groups in total. The predicted molar refractivity (Wildman–Crippen MR) is 71.8 cm³/mol. The molecule has 6 nitrogen and oxygen atoms in total. The van der Waals surface area contributed by atoms with Crippen molar-refractivity contribution in [3.8, 4) is 0 Å². The van der Waals surface area contributed by atoms with Gasteiger partial charge in [0.1, 0.15) is 17.5 Å². The van der Waals surface area contributed by atoms with E-state index in [1.165, 1.54) is 11.8 Å². The Morgan fingerprint density at radius 3 is 2.63 bits per heavy atom. The van der Waals surface area contributed by atoms with Gasteiger partial charge in [-0.05, 0) is 17.8 Å². The van der Waals surface area contributed by atoms with E-state index in [9.17, 15) is 0 Å². The second-order valence-corrected chi connectivity index (χ2v) is 6.17. The zero-order valence-corrected chi connectivity index (χ0v) is 12.3. The minimum Gasteiger partial charge on any atom is -0.388 e. The van der Waals surface area contributed by atoms with Gasteiger partial charge in [-0.25, -0.2) is 9.97 Å². The van der Waals surface area contributed by atoms with Gasteiger partial charge in [0.25, 0.3) is 0 Å². The summed E-state index contributed by atoms with van der Waals surface area (Å²) in [7, 11) is 1.82. The zero-order valence-electron chi connectivity index (χ0n) is 11.5. The Morgan fingerprint density at radius 2 is 2.05 bits per heavy atom. The molecule has 2 aromatic heterocycles. The largest absolute Gasteiger partial charge is 0.388 e. The highest BCUT2D eigenvalue weighted by Crippen LogP contribution is 2.26. The van der Waals surface area contributed by atoms with Crippen LogP contribution in [-0.4, -0.2) is 29.8 Å². The van der Waals surface area contributed by atoms with Crippen molar-refractivity contribution in [2.75, 3.05) is 0 Å². The Kier molecular flexibility index (Phi) is 3.86. The van der Waals surface area contributed by atoms with Gasteiger partial charge in [0.15, 0.2) is 11.0 Å². The quantitative estimate of drug-likeness (QED) is 0.859. The van der Waals surface area contributed by atoms with Crippen LogP contribution in [0.15, 0.2) is 22.4 Å². The van der Waals surface area contributed by atoms with Crippen LogP contribution in [0.2, 0.25) is 0 Å². The van der Waals surface area contributed by atoms with Gasteiger partial charge in [-0.2, -0.15) is 0 Å². The molecule has 0 fully saturated rings. The van der Waals surface area contributed by atoms with E-state index in [2.05, 4.69) is 40.9 Å². The lowest BCUT2D eigenvalue weighted by molar-refractivity contribution is 0.266. The van der Waals surface area contributed by atoms with Gasteiger partial charge in [-0.15, -0.1) is 10.2 Å². The zero-order chi connectivity index (χ0) is 14.0. The average Bonchev–Trinajstić information content (AvgIpc) is 2.70. The molecule has 0 saturated heterocycles. The average molecular weight is 279 g/mol. The van der Waals surface area contributed by atoms with Gasteiger partial charge in [-0.1, -0.05) is 20.8 Å². The molecule has 0 aliphatic carbocycles. The van der Waals surface area contributed by atoms with Crippen LogP contribution in [0.1, 0.15) is 32.4 Å². The molecule has 0 unspecified atom stereocenters. The second-order valence-electron chi connectivity index (χ2n) is 5.19. The van der Waals surface area contributed by atoms with Crippen LogP contribution >= 0.6 is 11.8 Å². The maximum atomic E-state index is 9.09. The molecule has 0 aliphatic heterocycles. The fourth-order valence-electron chi connectivity index (χ4n) is 1.43. The summed E-state index contributed by atoms with van der Waals surface area (Å²) in [6.45, 7) is 6.09. The van der Waals surface area contributed by atoms with Crippen molar-refractivity contribution < 1.29 is 5.11 Å². The predicted octanol–water partition coefficient (Wildman–Crippen LogP) is 1.55. The van der Waals surface area contributed by atoms with Crippen molar-refractivity contribution in [3.63, 3.8) is 0 Å². The summed E-state index contributed by atoms with van der Waals surface area (Å²) >= 11 is 1.41. The summed E-state index contributed by atoms with van der Waals surface area (Å²) in [6.07, 6.45) is 1.75. The third-order valence-electron chi connectivity index (χ3n) is 2.56. The van der Waals surface area contributed by atoms with Gasteiger partial charge < -0.3 is 9.67 Å². The minimum absolute atomic E-state index is 0.0906. The van der Waals surface area contributed by atoms with E-state index in [0.717, 1.165) is 10.9 Å². The molecule has 2 heterocycles. The first-order chi connectivity index (χ1) is 8.91. The van der Waals surface area contributed by atoms with Crippen LogP contribution in [0.3, 0.4) is 0 Å². The van der Waals surface area contributed by atoms with E-state index in [-0.39, 0.29) is 12.0 Å². The molecule has 19 heavy (non-hydrogen) atoms. The molecular formula is C12H17N5OS. The standard InChI is InChI=1S/C12H17N5OS/c1-12(2,3)10-13-6-5-9(14-10)19-11-16-15-8(7-18)17(11)4/h5-6,18H,7H2,1-4H3. The molecule has 0 aliphatic rings. The molecule has 0 spiro atoms. The smallest absolute Gasteiger partial charge is 0.197 e. The van der Waals surface area contributed by atoms with Crippen molar-refractivity contribution >= 4 is 11.8 Å². The number of rotatable bonds is 3. The lowest BCUT2D eigenvalue weighted by atomic mass is 9.96. The summed E-state index contributed by atoms with van der Waals surface area (Å²) < 4.78 is 1.75. The van der Waals surface area contributed by atoms with Gasteiger partial charge in [0, 0.05) is 18.7 Å². The minimum atomic E-state index is -0.124. The number of aliphatic hydroxyl groups is 1. The summed E-state index contributed by atoms with van der Waals surface area (Å²) in [5, 5.41) is 18.5. The van der Waals surface area contributed by atoms with E-state index in [1.807, 2.05) is 13.1 Å². The summed E-state index contributed by atoms with van der Waals surface area (Å²) in [5.74, 6) is 1.33. The molecule has 2 rings (SSSR count). The van der Waals surface area contributed by atoms with Gasteiger partial charge in [0.2, 0.25) is 0 Å². The summed E-state index contributed by atoms with van der Waals surface area (Å²) in [6, 6.07) is 1.84. The normalized spacial score (nSPS) is 11.8. The first-order valence-corrected chi connectivity index (χ1v) is 6.74. The maximum absolute atomic E-state index is 9.09. The Bertz CT molecular complexity index is 576. The van der Waals surface area contributed by atoms with Crippen LogP contribution in [0, 0.1) is 0 Å². The fraction of sp³-hybridized carbons (Fsp3) is 0.500. The number of aliphatic hydroxyl groups excluding tert-OH is 1. The van der Waals surface area contributed by atoms with Crippen molar-refractivity contribution in [1.29, 1.82) is 0 Å². The van der Waals surface area contributed by atoms with Gasteiger partial charge >= 0.3 is 0 Å². The highest BCUT2D eigenvalue weighted by Gasteiger charge is 2.18. The molecule has 0 atom stereocenters. The Morgan fingerprint density at radius 1 is 1.32 bits per heavy atom. The Labute approximate surface area is 116 Å². The lowest BCUT2D eigenvalue weighted by Gasteiger charge is -2.16. The van der Waals surface area contributed by atoms with E-state index >= 15 is 0 Å². The van der Waals surface area contributed by atoms with E-state index in [0.29, 0.717) is 11.0 Å². The van der Waals surface area contributed by atoms with Crippen molar-refractivity contribution in [2.45, 2.75) is 43.0 Å². The molecule has 102 valence electrons. The molecule has 7 heteroatoms. The third-order valence-corrected chi connectivity index (χ3v) is 3.54.